The molecular formula is C19H20BrNO. The molecule has 0 bridgehead atoms. The Bertz CT molecular complexity index is 637. The third-order valence-electron chi connectivity index (χ3n) is 3.37. The van der Waals surface area contributed by atoms with Crippen LogP contribution in [-0.2, 0) is 11.2 Å². The van der Waals surface area contributed by atoms with Crippen LogP contribution in [0.2, 0.25) is 0 Å². The molecule has 3 heteroatoms. The molecule has 0 saturated carbocycles. The number of amides is 1. The van der Waals surface area contributed by atoms with Crippen molar-refractivity contribution in [2.75, 3.05) is 0 Å². The van der Waals surface area contributed by atoms with E-state index in [0.717, 1.165) is 22.9 Å². The van der Waals surface area contributed by atoms with E-state index < -0.39 is 0 Å². The molecule has 114 valence electrons. The fourth-order valence-corrected chi connectivity index (χ4v) is 2.59. The molecular weight excluding hydrogens is 338 g/mol. The van der Waals surface area contributed by atoms with Crippen molar-refractivity contribution < 1.29 is 4.79 Å². The summed E-state index contributed by atoms with van der Waals surface area (Å²) in [5, 5.41) is 3.00. The molecule has 2 rings (SSSR count). The molecule has 0 fully saturated rings. The SMILES string of the molecule is C[C@@H](CCc1ccccc1)NC(=O)/C=C/c1cccc(Br)c1. The van der Waals surface area contributed by atoms with Crippen molar-refractivity contribution in [1.29, 1.82) is 0 Å². The topological polar surface area (TPSA) is 29.1 Å². The van der Waals surface area contributed by atoms with Gasteiger partial charge in [0.05, 0.1) is 0 Å². The van der Waals surface area contributed by atoms with E-state index in [1.165, 1.54) is 5.56 Å². The van der Waals surface area contributed by atoms with Gasteiger partial charge in [-0.15, -0.1) is 0 Å². The predicted molar refractivity (Wildman–Crippen MR) is 95.5 cm³/mol. The van der Waals surface area contributed by atoms with Crippen molar-refractivity contribution in [3.05, 3.63) is 76.3 Å². The van der Waals surface area contributed by atoms with Crippen LogP contribution in [0.4, 0.5) is 0 Å². The standard InChI is InChI=1S/C19H20BrNO/c1-15(10-11-16-6-3-2-4-7-16)21-19(22)13-12-17-8-5-9-18(20)14-17/h2-9,12-15H,10-11H2,1H3,(H,21,22)/b13-12+/t15-/m0/s1. The van der Waals surface area contributed by atoms with Crippen LogP contribution in [0.15, 0.2) is 65.1 Å². The van der Waals surface area contributed by atoms with Crippen LogP contribution in [0.5, 0.6) is 0 Å². The first-order valence-electron chi connectivity index (χ1n) is 7.41. The van der Waals surface area contributed by atoms with Crippen molar-refractivity contribution in [2.45, 2.75) is 25.8 Å². The van der Waals surface area contributed by atoms with Crippen LogP contribution in [0, 0.1) is 0 Å². The van der Waals surface area contributed by atoms with Gasteiger partial charge < -0.3 is 5.32 Å². The molecule has 1 N–H and O–H groups in total. The van der Waals surface area contributed by atoms with Gasteiger partial charge in [0.2, 0.25) is 5.91 Å². The highest BCUT2D eigenvalue weighted by atomic mass is 79.9. The number of hydrogen-bond donors (Lipinski definition) is 1. The second kappa shape index (κ2) is 8.54. The van der Waals surface area contributed by atoms with Gasteiger partial charge in [0.1, 0.15) is 0 Å². The van der Waals surface area contributed by atoms with Crippen molar-refractivity contribution >= 4 is 27.9 Å². The summed E-state index contributed by atoms with van der Waals surface area (Å²) in [5.41, 5.74) is 2.30. The lowest BCUT2D eigenvalue weighted by Gasteiger charge is -2.12. The molecule has 0 aromatic heterocycles. The Morgan fingerprint density at radius 2 is 1.95 bits per heavy atom. The molecule has 2 nitrogen and oxygen atoms in total. The Morgan fingerprint density at radius 1 is 1.18 bits per heavy atom. The fourth-order valence-electron chi connectivity index (χ4n) is 2.17. The fraction of sp³-hybridized carbons (Fsp3) is 0.211. The average Bonchev–Trinajstić information content (AvgIpc) is 2.52. The molecule has 0 radical (unpaired) electrons. The number of nitrogens with one attached hydrogen (secondary N) is 1. The van der Waals surface area contributed by atoms with E-state index in [0.29, 0.717) is 0 Å². The summed E-state index contributed by atoms with van der Waals surface area (Å²) in [6.07, 6.45) is 5.31. The minimum Gasteiger partial charge on any atom is -0.350 e. The quantitative estimate of drug-likeness (QED) is 0.752. The molecule has 2 aromatic carbocycles. The monoisotopic (exact) mass is 357 g/mol. The van der Waals surface area contributed by atoms with Gasteiger partial charge in [-0.3, -0.25) is 4.79 Å². The molecule has 1 amide bonds. The van der Waals surface area contributed by atoms with Crippen LogP contribution >= 0.6 is 15.9 Å². The molecule has 0 aliphatic heterocycles. The molecule has 0 aliphatic rings. The van der Waals surface area contributed by atoms with E-state index in [1.54, 1.807) is 6.08 Å². The molecule has 0 unspecified atom stereocenters. The van der Waals surface area contributed by atoms with Crippen molar-refractivity contribution in [3.8, 4) is 0 Å². The second-order valence-corrected chi connectivity index (χ2v) is 6.24. The van der Waals surface area contributed by atoms with Gasteiger partial charge in [-0.25, -0.2) is 0 Å². The summed E-state index contributed by atoms with van der Waals surface area (Å²) >= 11 is 3.42. The first kappa shape index (κ1) is 16.5. The first-order valence-corrected chi connectivity index (χ1v) is 8.21. The van der Waals surface area contributed by atoms with Gasteiger partial charge >= 0.3 is 0 Å². The maximum absolute atomic E-state index is 11.9. The van der Waals surface area contributed by atoms with Gasteiger partial charge in [-0.05, 0) is 49.1 Å². The van der Waals surface area contributed by atoms with Gasteiger partial charge in [0.15, 0.2) is 0 Å². The van der Waals surface area contributed by atoms with Crippen LogP contribution in [0.1, 0.15) is 24.5 Å². The van der Waals surface area contributed by atoms with E-state index in [-0.39, 0.29) is 11.9 Å². The molecule has 1 atom stereocenters. The Balaban J connectivity index is 1.78. The van der Waals surface area contributed by atoms with E-state index in [9.17, 15) is 4.79 Å². The van der Waals surface area contributed by atoms with E-state index in [2.05, 4.69) is 33.4 Å². The normalized spacial score (nSPS) is 12.3. The molecule has 0 heterocycles. The lowest BCUT2D eigenvalue weighted by molar-refractivity contribution is -0.117. The molecule has 2 aromatic rings. The highest BCUT2D eigenvalue weighted by Gasteiger charge is 2.05. The van der Waals surface area contributed by atoms with Gasteiger partial charge in [0.25, 0.3) is 0 Å². The number of halogens is 1. The summed E-state index contributed by atoms with van der Waals surface area (Å²) in [5.74, 6) is -0.0551. The molecule has 0 aliphatic carbocycles. The number of hydrogen-bond acceptors (Lipinski definition) is 1. The number of aryl methyl sites for hydroxylation is 1. The minimum absolute atomic E-state index is 0.0551. The zero-order valence-electron chi connectivity index (χ0n) is 12.6. The molecule has 0 saturated heterocycles. The summed E-state index contributed by atoms with van der Waals surface area (Å²) in [4.78, 5) is 11.9. The molecule has 0 spiro atoms. The Hall–Kier alpha value is -1.87. The van der Waals surface area contributed by atoms with Gasteiger partial charge in [0, 0.05) is 16.6 Å². The number of rotatable bonds is 6. The summed E-state index contributed by atoms with van der Waals surface area (Å²) in [6.45, 7) is 2.04. The van der Waals surface area contributed by atoms with Gasteiger partial charge in [-0.2, -0.15) is 0 Å². The zero-order valence-corrected chi connectivity index (χ0v) is 14.2. The number of carbonyl (C=O) groups excluding carboxylic acids is 1. The third kappa shape index (κ3) is 5.86. The summed E-state index contributed by atoms with van der Waals surface area (Å²) in [6, 6.07) is 18.3. The highest BCUT2D eigenvalue weighted by Crippen LogP contribution is 2.12. The average molecular weight is 358 g/mol. The Kier molecular flexibility index (Phi) is 6.41. The van der Waals surface area contributed by atoms with E-state index >= 15 is 0 Å². The number of carbonyl (C=O) groups is 1. The minimum atomic E-state index is -0.0551. The smallest absolute Gasteiger partial charge is 0.244 e. The van der Waals surface area contributed by atoms with Crippen LogP contribution in [0.3, 0.4) is 0 Å². The van der Waals surface area contributed by atoms with Crippen molar-refractivity contribution in [3.63, 3.8) is 0 Å². The van der Waals surface area contributed by atoms with Crippen LogP contribution < -0.4 is 5.32 Å². The third-order valence-corrected chi connectivity index (χ3v) is 3.87. The van der Waals surface area contributed by atoms with E-state index in [4.69, 9.17) is 0 Å². The maximum Gasteiger partial charge on any atom is 0.244 e. The van der Waals surface area contributed by atoms with Crippen molar-refractivity contribution in [2.24, 2.45) is 0 Å². The Morgan fingerprint density at radius 3 is 2.68 bits per heavy atom. The first-order chi connectivity index (χ1) is 10.6. The predicted octanol–water partition coefficient (Wildman–Crippen LogP) is 4.60. The van der Waals surface area contributed by atoms with Crippen LogP contribution in [-0.4, -0.2) is 11.9 Å². The Labute approximate surface area is 140 Å². The highest BCUT2D eigenvalue weighted by molar-refractivity contribution is 9.10. The lowest BCUT2D eigenvalue weighted by Crippen LogP contribution is -2.31. The van der Waals surface area contributed by atoms with E-state index in [1.807, 2.05) is 55.5 Å². The lowest BCUT2D eigenvalue weighted by atomic mass is 10.1. The maximum atomic E-state index is 11.9. The van der Waals surface area contributed by atoms with Gasteiger partial charge in [-0.1, -0.05) is 58.4 Å². The largest absolute Gasteiger partial charge is 0.350 e. The summed E-state index contributed by atoms with van der Waals surface area (Å²) < 4.78 is 1.01. The second-order valence-electron chi connectivity index (χ2n) is 5.32. The van der Waals surface area contributed by atoms with Crippen molar-refractivity contribution in [1.82, 2.24) is 5.32 Å². The number of benzene rings is 2. The molecule has 22 heavy (non-hydrogen) atoms. The summed E-state index contributed by atoms with van der Waals surface area (Å²) in [7, 11) is 0. The van der Waals surface area contributed by atoms with Crippen LogP contribution in [0.25, 0.3) is 6.08 Å². The zero-order chi connectivity index (χ0) is 15.8.